The molecule has 2 heterocycles. The van der Waals surface area contributed by atoms with Gasteiger partial charge in [0, 0.05) is 13.1 Å². The minimum atomic E-state index is -3.01. The predicted octanol–water partition coefficient (Wildman–Crippen LogP) is 0.389. The van der Waals surface area contributed by atoms with Crippen molar-refractivity contribution in [2.24, 2.45) is 0 Å². The van der Waals surface area contributed by atoms with E-state index in [1.807, 2.05) is 0 Å². The number of carbonyl (C=O) groups excluding carboxylic acids is 1. The molecule has 1 aliphatic heterocycles. The molecule has 1 saturated heterocycles. The molecule has 6 nitrogen and oxygen atoms in total. The number of amides is 1. The molecule has 0 spiro atoms. The lowest BCUT2D eigenvalue weighted by molar-refractivity contribution is 0.0741. The Balaban J connectivity index is 2.12. The number of sulfone groups is 1. The fourth-order valence-electron chi connectivity index (χ4n) is 1.85. The molecule has 0 N–H and O–H groups in total. The summed E-state index contributed by atoms with van der Waals surface area (Å²) >= 11 is 5.58. The maximum absolute atomic E-state index is 12.0. The Hall–Kier alpha value is -1.21. The summed E-state index contributed by atoms with van der Waals surface area (Å²) in [6.07, 6.45) is 3.03. The highest BCUT2D eigenvalue weighted by Crippen LogP contribution is 2.18. The van der Waals surface area contributed by atoms with Crippen molar-refractivity contribution in [1.29, 1.82) is 0 Å². The topological polar surface area (TPSA) is 80.2 Å². The standard InChI is InChI=1S/C10H12ClN3O3S/c1-14(7-2-3-18(16,17)6-7)10(15)8-4-13-9(11)5-12-8/h4-5,7H,2-3,6H2,1H3. The van der Waals surface area contributed by atoms with Crippen LogP contribution in [0.1, 0.15) is 16.9 Å². The van der Waals surface area contributed by atoms with Crippen molar-refractivity contribution in [2.75, 3.05) is 18.6 Å². The lowest BCUT2D eigenvalue weighted by Gasteiger charge is -2.22. The largest absolute Gasteiger partial charge is 0.336 e. The van der Waals surface area contributed by atoms with Crippen molar-refractivity contribution in [1.82, 2.24) is 14.9 Å². The van der Waals surface area contributed by atoms with E-state index < -0.39 is 9.84 Å². The first-order valence-corrected chi connectivity index (χ1v) is 7.54. The molecule has 8 heteroatoms. The highest BCUT2D eigenvalue weighted by Gasteiger charge is 2.33. The van der Waals surface area contributed by atoms with Gasteiger partial charge in [0.2, 0.25) is 0 Å². The van der Waals surface area contributed by atoms with Gasteiger partial charge in [0.05, 0.1) is 23.9 Å². The summed E-state index contributed by atoms with van der Waals surface area (Å²) in [5, 5.41) is 0.206. The molecule has 98 valence electrons. The van der Waals surface area contributed by atoms with Crippen LogP contribution < -0.4 is 0 Å². The molecule has 1 aliphatic rings. The lowest BCUT2D eigenvalue weighted by atomic mass is 10.2. The van der Waals surface area contributed by atoms with Crippen molar-refractivity contribution in [3.8, 4) is 0 Å². The second-order valence-corrected chi connectivity index (χ2v) is 6.81. The molecule has 0 bridgehead atoms. The Labute approximate surface area is 110 Å². The van der Waals surface area contributed by atoms with Gasteiger partial charge in [-0.3, -0.25) is 4.79 Å². The Morgan fingerprint density at radius 3 is 2.67 bits per heavy atom. The molecule has 1 amide bonds. The average Bonchev–Trinajstić information content (AvgIpc) is 2.69. The summed E-state index contributed by atoms with van der Waals surface area (Å²) in [7, 11) is -1.44. The molecule has 1 fully saturated rings. The first-order chi connectivity index (χ1) is 8.39. The van der Waals surface area contributed by atoms with Gasteiger partial charge in [0.1, 0.15) is 10.8 Å². The van der Waals surface area contributed by atoms with E-state index in [4.69, 9.17) is 11.6 Å². The van der Waals surface area contributed by atoms with Crippen LogP contribution in [0.4, 0.5) is 0 Å². The minimum absolute atomic E-state index is 0.0102. The second kappa shape index (κ2) is 4.81. The molecule has 1 aromatic heterocycles. The van der Waals surface area contributed by atoms with Crippen molar-refractivity contribution in [2.45, 2.75) is 12.5 Å². The van der Waals surface area contributed by atoms with Crippen molar-refractivity contribution >= 4 is 27.3 Å². The van der Waals surface area contributed by atoms with E-state index >= 15 is 0 Å². The molecule has 1 atom stereocenters. The summed E-state index contributed by atoms with van der Waals surface area (Å²) < 4.78 is 22.7. The van der Waals surface area contributed by atoms with E-state index in [1.54, 1.807) is 7.05 Å². The van der Waals surface area contributed by atoms with Gasteiger partial charge < -0.3 is 4.90 Å². The highest BCUT2D eigenvalue weighted by molar-refractivity contribution is 7.91. The van der Waals surface area contributed by atoms with E-state index in [1.165, 1.54) is 17.3 Å². The third-order valence-electron chi connectivity index (χ3n) is 2.92. The van der Waals surface area contributed by atoms with Gasteiger partial charge in [-0.25, -0.2) is 18.4 Å². The Kier molecular flexibility index (Phi) is 3.54. The Bertz CT molecular complexity index is 558. The van der Waals surface area contributed by atoms with Gasteiger partial charge in [-0.05, 0) is 6.42 Å². The molecular formula is C10H12ClN3O3S. The van der Waals surface area contributed by atoms with Gasteiger partial charge in [0.15, 0.2) is 9.84 Å². The zero-order chi connectivity index (χ0) is 13.3. The third kappa shape index (κ3) is 2.78. The van der Waals surface area contributed by atoms with E-state index in [0.717, 1.165) is 0 Å². The molecule has 18 heavy (non-hydrogen) atoms. The van der Waals surface area contributed by atoms with Crippen LogP contribution in [-0.2, 0) is 9.84 Å². The molecule has 1 aromatic rings. The Morgan fingerprint density at radius 2 is 2.17 bits per heavy atom. The number of rotatable bonds is 2. The average molecular weight is 290 g/mol. The maximum Gasteiger partial charge on any atom is 0.274 e. The van der Waals surface area contributed by atoms with Gasteiger partial charge in [-0.15, -0.1) is 0 Å². The van der Waals surface area contributed by atoms with Crippen molar-refractivity contribution in [3.05, 3.63) is 23.2 Å². The second-order valence-electron chi connectivity index (χ2n) is 4.20. The van der Waals surface area contributed by atoms with Crippen LogP contribution in [0.15, 0.2) is 12.4 Å². The van der Waals surface area contributed by atoms with E-state index in [0.29, 0.717) is 6.42 Å². The van der Waals surface area contributed by atoms with Crippen molar-refractivity contribution in [3.63, 3.8) is 0 Å². The normalized spacial score (nSPS) is 21.8. The third-order valence-corrected chi connectivity index (χ3v) is 4.86. The predicted molar refractivity (Wildman–Crippen MR) is 66.2 cm³/mol. The maximum atomic E-state index is 12.0. The smallest absolute Gasteiger partial charge is 0.274 e. The number of halogens is 1. The molecule has 0 aromatic carbocycles. The quantitative estimate of drug-likeness (QED) is 0.787. The van der Waals surface area contributed by atoms with Gasteiger partial charge in [-0.1, -0.05) is 11.6 Å². The number of hydrogen-bond donors (Lipinski definition) is 0. The fraction of sp³-hybridized carbons (Fsp3) is 0.500. The zero-order valence-corrected chi connectivity index (χ0v) is 11.3. The highest BCUT2D eigenvalue weighted by atomic mass is 35.5. The van der Waals surface area contributed by atoms with Crippen LogP contribution in [0, 0.1) is 0 Å². The molecule has 0 aliphatic carbocycles. The van der Waals surface area contributed by atoms with Crippen molar-refractivity contribution < 1.29 is 13.2 Å². The van der Waals surface area contributed by atoms with E-state index in [9.17, 15) is 13.2 Å². The van der Waals surface area contributed by atoms with Gasteiger partial charge in [0.25, 0.3) is 5.91 Å². The first kappa shape index (κ1) is 13.2. The number of hydrogen-bond acceptors (Lipinski definition) is 5. The van der Waals surface area contributed by atoms with Crippen LogP contribution in [0.25, 0.3) is 0 Å². The van der Waals surface area contributed by atoms with E-state index in [2.05, 4.69) is 9.97 Å². The van der Waals surface area contributed by atoms with Gasteiger partial charge >= 0.3 is 0 Å². The number of carbonyl (C=O) groups is 1. The monoisotopic (exact) mass is 289 g/mol. The lowest BCUT2D eigenvalue weighted by Crippen LogP contribution is -2.38. The fourth-order valence-corrected chi connectivity index (χ4v) is 3.72. The molecular weight excluding hydrogens is 278 g/mol. The molecule has 2 rings (SSSR count). The zero-order valence-electron chi connectivity index (χ0n) is 9.71. The summed E-state index contributed by atoms with van der Waals surface area (Å²) in [5.41, 5.74) is 0.159. The van der Waals surface area contributed by atoms with Crippen LogP contribution in [0.3, 0.4) is 0 Å². The molecule has 1 unspecified atom stereocenters. The SMILES string of the molecule is CN(C(=O)c1cnc(Cl)cn1)C1CCS(=O)(=O)C1. The van der Waals surface area contributed by atoms with Crippen LogP contribution >= 0.6 is 11.6 Å². The summed E-state index contributed by atoms with van der Waals surface area (Å²) in [6.45, 7) is 0. The first-order valence-electron chi connectivity index (χ1n) is 5.34. The number of nitrogens with zero attached hydrogens (tertiary/aromatic N) is 3. The molecule has 0 saturated carbocycles. The van der Waals surface area contributed by atoms with Crippen LogP contribution in [0.5, 0.6) is 0 Å². The van der Waals surface area contributed by atoms with Gasteiger partial charge in [-0.2, -0.15) is 0 Å². The van der Waals surface area contributed by atoms with E-state index in [-0.39, 0.29) is 34.3 Å². The summed E-state index contributed by atoms with van der Waals surface area (Å²) in [6, 6.07) is -0.292. The summed E-state index contributed by atoms with van der Waals surface area (Å²) in [5.74, 6) is -0.209. The van der Waals surface area contributed by atoms with Crippen LogP contribution in [0.2, 0.25) is 5.15 Å². The van der Waals surface area contributed by atoms with Crippen LogP contribution in [-0.4, -0.2) is 53.8 Å². The summed E-state index contributed by atoms with van der Waals surface area (Å²) in [4.78, 5) is 21.1. The molecule has 0 radical (unpaired) electrons. The Morgan fingerprint density at radius 1 is 1.44 bits per heavy atom. The minimum Gasteiger partial charge on any atom is -0.336 e. The number of aromatic nitrogens is 2.